The minimum atomic E-state index is -0.466. The van der Waals surface area contributed by atoms with Crippen molar-refractivity contribution in [1.82, 2.24) is 0 Å². The van der Waals surface area contributed by atoms with Gasteiger partial charge in [0.2, 0.25) is 0 Å². The zero-order valence-corrected chi connectivity index (χ0v) is 15.8. The lowest BCUT2D eigenvalue weighted by atomic mass is 10.1. The van der Waals surface area contributed by atoms with Gasteiger partial charge in [-0.2, -0.15) is 0 Å². The van der Waals surface area contributed by atoms with Gasteiger partial charge in [-0.25, -0.2) is 0 Å². The SMILES string of the molecule is CC(C)(C)OC(=O)C1C(COCc2c(Cl)cccc2Cl)C1(C)C. The molecular weight excluding hydrogens is 335 g/mol. The molecule has 1 aromatic carbocycles. The maximum Gasteiger partial charge on any atom is 0.310 e. The molecule has 0 bridgehead atoms. The number of ether oxygens (including phenoxy) is 2. The molecule has 0 radical (unpaired) electrons. The second kappa shape index (κ2) is 6.62. The van der Waals surface area contributed by atoms with E-state index in [-0.39, 0.29) is 23.2 Å². The monoisotopic (exact) mass is 358 g/mol. The van der Waals surface area contributed by atoms with Crippen molar-refractivity contribution in [2.75, 3.05) is 6.61 Å². The normalized spacial score (nSPS) is 22.7. The van der Waals surface area contributed by atoms with Crippen LogP contribution in [0.1, 0.15) is 40.2 Å². The van der Waals surface area contributed by atoms with Crippen LogP contribution in [-0.2, 0) is 20.9 Å². The first kappa shape index (κ1) is 18.6. The Morgan fingerprint density at radius 2 is 1.78 bits per heavy atom. The first-order chi connectivity index (χ1) is 10.5. The first-order valence-electron chi connectivity index (χ1n) is 7.77. The molecule has 0 N–H and O–H groups in total. The van der Waals surface area contributed by atoms with E-state index >= 15 is 0 Å². The lowest BCUT2D eigenvalue weighted by Gasteiger charge is -2.20. The minimum Gasteiger partial charge on any atom is -0.460 e. The van der Waals surface area contributed by atoms with Gasteiger partial charge in [0, 0.05) is 21.5 Å². The van der Waals surface area contributed by atoms with Crippen molar-refractivity contribution in [3.05, 3.63) is 33.8 Å². The molecule has 0 aromatic heterocycles. The molecule has 2 rings (SSSR count). The van der Waals surface area contributed by atoms with Gasteiger partial charge < -0.3 is 9.47 Å². The molecule has 2 unspecified atom stereocenters. The highest BCUT2D eigenvalue weighted by molar-refractivity contribution is 6.35. The van der Waals surface area contributed by atoms with Crippen LogP contribution in [0.3, 0.4) is 0 Å². The third kappa shape index (κ3) is 4.40. The molecule has 1 aliphatic carbocycles. The van der Waals surface area contributed by atoms with Gasteiger partial charge in [-0.05, 0) is 38.3 Å². The number of rotatable bonds is 5. The van der Waals surface area contributed by atoms with Crippen molar-refractivity contribution in [1.29, 1.82) is 0 Å². The van der Waals surface area contributed by atoms with Gasteiger partial charge >= 0.3 is 5.97 Å². The highest BCUT2D eigenvalue weighted by atomic mass is 35.5. The first-order valence-corrected chi connectivity index (χ1v) is 8.53. The molecule has 23 heavy (non-hydrogen) atoms. The lowest BCUT2D eigenvalue weighted by molar-refractivity contribution is -0.157. The Bertz CT molecular complexity index is 570. The van der Waals surface area contributed by atoms with Gasteiger partial charge in [0.15, 0.2) is 0 Å². The van der Waals surface area contributed by atoms with E-state index in [1.807, 2.05) is 20.8 Å². The molecule has 1 saturated carbocycles. The minimum absolute atomic E-state index is 0.105. The zero-order valence-electron chi connectivity index (χ0n) is 14.3. The molecule has 0 heterocycles. The van der Waals surface area contributed by atoms with Gasteiger partial charge in [-0.3, -0.25) is 4.79 Å². The predicted octanol–water partition coefficient (Wildman–Crippen LogP) is 5.12. The summed E-state index contributed by atoms with van der Waals surface area (Å²) in [4.78, 5) is 12.3. The lowest BCUT2D eigenvalue weighted by Crippen LogP contribution is -2.26. The quantitative estimate of drug-likeness (QED) is 0.684. The Balaban J connectivity index is 1.90. The van der Waals surface area contributed by atoms with Gasteiger partial charge in [-0.1, -0.05) is 43.1 Å². The van der Waals surface area contributed by atoms with Crippen molar-refractivity contribution < 1.29 is 14.3 Å². The molecule has 1 aliphatic rings. The average Bonchev–Trinajstić information content (AvgIpc) is 2.93. The summed E-state index contributed by atoms with van der Waals surface area (Å²) in [6.07, 6.45) is 0. The summed E-state index contributed by atoms with van der Waals surface area (Å²) in [6, 6.07) is 5.38. The van der Waals surface area contributed by atoms with E-state index < -0.39 is 5.60 Å². The number of benzene rings is 1. The zero-order chi connectivity index (χ0) is 17.4. The van der Waals surface area contributed by atoms with Gasteiger partial charge in [0.05, 0.1) is 19.1 Å². The molecule has 2 atom stereocenters. The van der Waals surface area contributed by atoms with Gasteiger partial charge in [0.1, 0.15) is 5.60 Å². The van der Waals surface area contributed by atoms with Crippen molar-refractivity contribution >= 4 is 29.2 Å². The number of hydrogen-bond donors (Lipinski definition) is 0. The summed E-state index contributed by atoms with van der Waals surface area (Å²) in [5.74, 6) is -0.117. The number of hydrogen-bond acceptors (Lipinski definition) is 3. The van der Waals surface area contributed by atoms with Gasteiger partial charge in [-0.15, -0.1) is 0 Å². The molecule has 128 valence electrons. The number of halogens is 2. The Hall–Kier alpha value is -0.770. The van der Waals surface area contributed by atoms with Crippen LogP contribution < -0.4 is 0 Å². The molecule has 5 heteroatoms. The largest absolute Gasteiger partial charge is 0.460 e. The maximum atomic E-state index is 12.3. The van der Waals surface area contributed by atoms with E-state index in [1.54, 1.807) is 18.2 Å². The van der Waals surface area contributed by atoms with Crippen molar-refractivity contribution in [3.8, 4) is 0 Å². The van der Waals surface area contributed by atoms with Crippen LogP contribution in [-0.4, -0.2) is 18.2 Å². The molecule has 0 amide bonds. The van der Waals surface area contributed by atoms with Crippen molar-refractivity contribution in [2.24, 2.45) is 17.3 Å². The van der Waals surface area contributed by atoms with Crippen LogP contribution in [0, 0.1) is 17.3 Å². The standard InChI is InChI=1S/C18H24Cl2O3/c1-17(2,3)23-16(21)15-12(18(15,4)5)10-22-9-11-13(19)7-6-8-14(11)20/h6-8,12,15H,9-10H2,1-5H3. The Morgan fingerprint density at radius 1 is 1.22 bits per heavy atom. The fraction of sp³-hybridized carbons (Fsp3) is 0.611. The predicted molar refractivity (Wildman–Crippen MR) is 92.7 cm³/mol. The number of carbonyl (C=O) groups excluding carboxylic acids is 1. The van der Waals surface area contributed by atoms with E-state index in [9.17, 15) is 4.79 Å². The van der Waals surface area contributed by atoms with Crippen LogP contribution in [0.4, 0.5) is 0 Å². The van der Waals surface area contributed by atoms with Gasteiger partial charge in [0.25, 0.3) is 0 Å². The Morgan fingerprint density at radius 3 is 2.30 bits per heavy atom. The summed E-state index contributed by atoms with van der Waals surface area (Å²) in [5, 5.41) is 1.19. The average molecular weight is 359 g/mol. The molecule has 0 spiro atoms. The Labute approximate surface area is 148 Å². The third-order valence-electron chi connectivity index (χ3n) is 4.32. The summed E-state index contributed by atoms with van der Waals surface area (Å²) in [7, 11) is 0. The fourth-order valence-corrected chi connectivity index (χ4v) is 3.35. The molecule has 3 nitrogen and oxygen atoms in total. The smallest absolute Gasteiger partial charge is 0.310 e. The maximum absolute atomic E-state index is 12.3. The summed E-state index contributed by atoms with van der Waals surface area (Å²) < 4.78 is 11.3. The second-order valence-electron chi connectivity index (χ2n) is 7.65. The topological polar surface area (TPSA) is 35.5 Å². The van der Waals surface area contributed by atoms with E-state index in [2.05, 4.69) is 13.8 Å². The highest BCUT2D eigenvalue weighted by Gasteiger charge is 2.63. The van der Waals surface area contributed by atoms with E-state index in [0.717, 1.165) is 5.56 Å². The molecule has 0 aliphatic heterocycles. The summed E-state index contributed by atoms with van der Waals surface area (Å²) in [5.41, 5.74) is 0.210. The third-order valence-corrected chi connectivity index (χ3v) is 5.02. The van der Waals surface area contributed by atoms with E-state index in [4.69, 9.17) is 32.7 Å². The number of carbonyl (C=O) groups is 1. The highest BCUT2D eigenvalue weighted by Crippen LogP contribution is 2.59. The molecule has 1 fully saturated rings. The van der Waals surface area contributed by atoms with Crippen LogP contribution >= 0.6 is 23.2 Å². The van der Waals surface area contributed by atoms with Crippen LogP contribution in [0.2, 0.25) is 10.0 Å². The summed E-state index contributed by atoms with van der Waals surface area (Å²) in [6.45, 7) is 10.6. The Kier molecular flexibility index (Phi) is 5.34. The molecule has 1 aromatic rings. The second-order valence-corrected chi connectivity index (χ2v) is 8.47. The van der Waals surface area contributed by atoms with Crippen LogP contribution in [0.25, 0.3) is 0 Å². The fourth-order valence-electron chi connectivity index (χ4n) is 2.85. The molecular formula is C18H24Cl2O3. The summed E-state index contributed by atoms with van der Waals surface area (Å²) >= 11 is 12.3. The van der Waals surface area contributed by atoms with Crippen molar-refractivity contribution in [2.45, 2.75) is 46.8 Å². The number of esters is 1. The van der Waals surface area contributed by atoms with Crippen LogP contribution in [0.15, 0.2) is 18.2 Å². The van der Waals surface area contributed by atoms with Crippen LogP contribution in [0.5, 0.6) is 0 Å². The van der Waals surface area contributed by atoms with E-state index in [0.29, 0.717) is 23.3 Å². The molecule has 0 saturated heterocycles. The van der Waals surface area contributed by atoms with E-state index in [1.165, 1.54) is 0 Å². The van der Waals surface area contributed by atoms with Crippen molar-refractivity contribution in [3.63, 3.8) is 0 Å².